The first-order valence-electron chi connectivity index (χ1n) is 9.31. The number of benzene rings is 2. The quantitative estimate of drug-likeness (QED) is 0.732. The number of hydrogen-bond acceptors (Lipinski definition) is 5. The summed E-state index contributed by atoms with van der Waals surface area (Å²) in [5.74, 6) is 1.55. The van der Waals surface area contributed by atoms with Crippen molar-refractivity contribution in [2.24, 2.45) is 0 Å². The lowest BCUT2D eigenvalue weighted by Crippen LogP contribution is -2.31. The number of anilines is 3. The summed E-state index contributed by atoms with van der Waals surface area (Å²) >= 11 is 0. The highest BCUT2D eigenvalue weighted by atomic mass is 16.3. The van der Waals surface area contributed by atoms with Gasteiger partial charge in [0.05, 0.1) is 6.10 Å². The van der Waals surface area contributed by atoms with Crippen molar-refractivity contribution >= 4 is 17.5 Å². The molecule has 5 nitrogen and oxygen atoms in total. The van der Waals surface area contributed by atoms with Crippen LogP contribution in [0.25, 0.3) is 0 Å². The van der Waals surface area contributed by atoms with Crippen LogP contribution in [0.2, 0.25) is 0 Å². The number of rotatable bonds is 4. The van der Waals surface area contributed by atoms with E-state index in [0.29, 0.717) is 5.95 Å². The van der Waals surface area contributed by atoms with Gasteiger partial charge in [-0.25, -0.2) is 4.98 Å². The lowest BCUT2D eigenvalue weighted by molar-refractivity contribution is 0.199. The molecule has 138 valence electrons. The topological polar surface area (TPSA) is 61.3 Å². The van der Waals surface area contributed by atoms with Gasteiger partial charge in [0.25, 0.3) is 0 Å². The molecule has 27 heavy (non-hydrogen) atoms. The molecule has 0 fully saturated rings. The Labute approximate surface area is 159 Å². The van der Waals surface area contributed by atoms with E-state index in [2.05, 4.69) is 27.3 Å². The Morgan fingerprint density at radius 1 is 1.04 bits per heavy atom. The Bertz CT molecular complexity index is 940. The summed E-state index contributed by atoms with van der Waals surface area (Å²) in [7, 11) is 0. The van der Waals surface area contributed by atoms with Gasteiger partial charge in [0.1, 0.15) is 5.82 Å². The van der Waals surface area contributed by atoms with Crippen molar-refractivity contribution < 1.29 is 5.11 Å². The zero-order valence-corrected chi connectivity index (χ0v) is 15.7. The molecule has 0 amide bonds. The van der Waals surface area contributed by atoms with Crippen molar-refractivity contribution in [2.45, 2.75) is 32.9 Å². The summed E-state index contributed by atoms with van der Waals surface area (Å²) < 4.78 is 0. The molecule has 1 atom stereocenters. The van der Waals surface area contributed by atoms with Crippen molar-refractivity contribution in [3.8, 4) is 0 Å². The molecule has 1 aromatic heterocycles. The molecule has 1 aliphatic rings. The number of nitrogens with one attached hydrogen (secondary N) is 1. The number of aliphatic hydroxyl groups excluding tert-OH is 1. The Balaban J connectivity index is 1.57. The van der Waals surface area contributed by atoms with Crippen LogP contribution in [0.1, 0.15) is 35.4 Å². The zero-order chi connectivity index (χ0) is 18.8. The van der Waals surface area contributed by atoms with E-state index in [1.54, 1.807) is 0 Å². The number of aryl methyl sites for hydroxylation is 1. The summed E-state index contributed by atoms with van der Waals surface area (Å²) in [5.41, 5.74) is 5.50. The number of nitrogens with zero attached hydrogens (tertiary/aromatic N) is 3. The second kappa shape index (κ2) is 7.37. The van der Waals surface area contributed by atoms with E-state index in [0.717, 1.165) is 42.3 Å². The van der Waals surface area contributed by atoms with Gasteiger partial charge in [0, 0.05) is 30.5 Å². The molecule has 2 N–H and O–H groups in total. The predicted molar refractivity (Wildman–Crippen MR) is 108 cm³/mol. The maximum absolute atomic E-state index is 9.80. The molecular weight excluding hydrogens is 336 g/mol. The van der Waals surface area contributed by atoms with Gasteiger partial charge in [0.2, 0.25) is 5.95 Å². The minimum atomic E-state index is -0.426. The Hall–Kier alpha value is -2.92. The standard InChI is InChI=1S/C22H24N4O/c1-15-12-21(25-22(23-15)24-20-6-4-3-5-7-20)26-11-10-18-13-17(16(2)27)8-9-19(18)14-26/h3-9,12-13,16,27H,10-11,14H2,1-2H3,(H,23,24,25)/t16-/m0/s1. The van der Waals surface area contributed by atoms with Crippen LogP contribution in [-0.2, 0) is 13.0 Å². The van der Waals surface area contributed by atoms with E-state index in [1.807, 2.05) is 56.3 Å². The third-order valence-electron chi connectivity index (χ3n) is 4.92. The summed E-state index contributed by atoms with van der Waals surface area (Å²) in [6.07, 6.45) is 0.518. The van der Waals surface area contributed by atoms with Crippen LogP contribution in [0.15, 0.2) is 54.6 Å². The molecule has 2 aromatic carbocycles. The first-order valence-corrected chi connectivity index (χ1v) is 9.31. The highest BCUT2D eigenvalue weighted by molar-refractivity contribution is 5.56. The SMILES string of the molecule is Cc1cc(N2CCc3cc([C@H](C)O)ccc3C2)nc(Nc2ccccc2)n1. The van der Waals surface area contributed by atoms with Crippen molar-refractivity contribution in [1.82, 2.24) is 9.97 Å². The van der Waals surface area contributed by atoms with Gasteiger partial charge in [-0.1, -0.05) is 36.4 Å². The molecule has 0 bridgehead atoms. The lowest BCUT2D eigenvalue weighted by Gasteiger charge is -2.30. The van der Waals surface area contributed by atoms with Gasteiger partial charge in [-0.05, 0) is 49.1 Å². The maximum Gasteiger partial charge on any atom is 0.229 e. The minimum absolute atomic E-state index is 0.426. The van der Waals surface area contributed by atoms with Gasteiger partial charge < -0.3 is 15.3 Å². The summed E-state index contributed by atoms with van der Waals surface area (Å²) in [5, 5.41) is 13.1. The van der Waals surface area contributed by atoms with Gasteiger partial charge in [-0.3, -0.25) is 0 Å². The molecular formula is C22H24N4O. The van der Waals surface area contributed by atoms with Gasteiger partial charge in [-0.15, -0.1) is 0 Å². The normalized spacial score (nSPS) is 14.6. The van der Waals surface area contributed by atoms with E-state index < -0.39 is 6.10 Å². The van der Waals surface area contributed by atoms with Crippen LogP contribution >= 0.6 is 0 Å². The van der Waals surface area contributed by atoms with E-state index in [9.17, 15) is 5.11 Å². The van der Waals surface area contributed by atoms with Crippen molar-refractivity contribution in [3.63, 3.8) is 0 Å². The first kappa shape index (κ1) is 17.5. The molecule has 0 spiro atoms. The smallest absolute Gasteiger partial charge is 0.229 e. The average Bonchev–Trinajstić information content (AvgIpc) is 2.67. The second-order valence-electron chi connectivity index (χ2n) is 7.06. The minimum Gasteiger partial charge on any atom is -0.389 e. The number of aliphatic hydroxyl groups is 1. The molecule has 2 heterocycles. The fourth-order valence-electron chi connectivity index (χ4n) is 3.45. The van der Waals surface area contributed by atoms with Gasteiger partial charge >= 0.3 is 0 Å². The van der Waals surface area contributed by atoms with Crippen molar-refractivity contribution in [1.29, 1.82) is 0 Å². The predicted octanol–water partition coefficient (Wildman–Crippen LogP) is 4.14. The third kappa shape index (κ3) is 3.93. The van der Waals surface area contributed by atoms with Crippen molar-refractivity contribution in [2.75, 3.05) is 16.8 Å². The fraction of sp³-hybridized carbons (Fsp3) is 0.273. The highest BCUT2D eigenvalue weighted by Gasteiger charge is 2.19. The summed E-state index contributed by atoms with van der Waals surface area (Å²) in [6, 6.07) is 18.3. The lowest BCUT2D eigenvalue weighted by atomic mass is 9.96. The van der Waals surface area contributed by atoms with Gasteiger partial charge in [-0.2, -0.15) is 4.98 Å². The van der Waals surface area contributed by atoms with Crippen LogP contribution in [0.5, 0.6) is 0 Å². The maximum atomic E-state index is 9.80. The average molecular weight is 360 g/mol. The molecule has 0 aliphatic carbocycles. The van der Waals surface area contributed by atoms with Crippen molar-refractivity contribution in [3.05, 3.63) is 77.0 Å². The largest absolute Gasteiger partial charge is 0.389 e. The molecule has 1 aliphatic heterocycles. The molecule has 0 saturated heterocycles. The monoisotopic (exact) mass is 360 g/mol. The van der Waals surface area contributed by atoms with Crippen LogP contribution < -0.4 is 10.2 Å². The Morgan fingerprint density at radius 3 is 2.63 bits per heavy atom. The number of para-hydroxylation sites is 1. The van der Waals surface area contributed by atoms with Crippen LogP contribution in [0.3, 0.4) is 0 Å². The number of fused-ring (bicyclic) bond motifs is 1. The Morgan fingerprint density at radius 2 is 1.85 bits per heavy atom. The molecule has 0 radical (unpaired) electrons. The number of aromatic nitrogens is 2. The molecule has 3 aromatic rings. The zero-order valence-electron chi connectivity index (χ0n) is 15.7. The molecule has 0 saturated carbocycles. The van der Waals surface area contributed by atoms with E-state index >= 15 is 0 Å². The summed E-state index contributed by atoms with van der Waals surface area (Å²) in [4.78, 5) is 11.5. The molecule has 4 rings (SSSR count). The third-order valence-corrected chi connectivity index (χ3v) is 4.92. The van der Waals surface area contributed by atoms with Crippen LogP contribution in [0, 0.1) is 6.92 Å². The number of hydrogen-bond donors (Lipinski definition) is 2. The van der Waals surface area contributed by atoms with E-state index in [4.69, 9.17) is 4.98 Å². The Kier molecular flexibility index (Phi) is 4.77. The first-order chi connectivity index (χ1) is 13.1. The summed E-state index contributed by atoms with van der Waals surface area (Å²) in [6.45, 7) is 5.52. The molecule has 5 heteroatoms. The second-order valence-corrected chi connectivity index (χ2v) is 7.06. The fourth-order valence-corrected chi connectivity index (χ4v) is 3.45. The van der Waals surface area contributed by atoms with Crippen LogP contribution in [0.4, 0.5) is 17.5 Å². The highest BCUT2D eigenvalue weighted by Crippen LogP contribution is 2.27. The van der Waals surface area contributed by atoms with Crippen LogP contribution in [-0.4, -0.2) is 21.6 Å². The van der Waals surface area contributed by atoms with E-state index in [1.165, 1.54) is 11.1 Å². The van der Waals surface area contributed by atoms with Gasteiger partial charge in [0.15, 0.2) is 0 Å². The molecule has 0 unspecified atom stereocenters. The van der Waals surface area contributed by atoms with E-state index in [-0.39, 0.29) is 0 Å².